The van der Waals surface area contributed by atoms with Gasteiger partial charge >= 0.3 is 6.03 Å². The summed E-state index contributed by atoms with van der Waals surface area (Å²) in [4.78, 5) is 16.2. The number of nitrogens with zero attached hydrogens (tertiary/aromatic N) is 1. The van der Waals surface area contributed by atoms with Crippen molar-refractivity contribution in [2.45, 2.75) is 56.9 Å². The third kappa shape index (κ3) is 4.92. The van der Waals surface area contributed by atoms with Crippen molar-refractivity contribution in [2.75, 3.05) is 5.75 Å². The standard InChI is InChI=1S/C16H25N3OS/c1-3-21-15-7-5-4-6-14(15)19-16(20)18-12(2)13-8-10-17-11-9-13/h8-12,14-15H,3-7H2,1-2H3,(H2,18,19,20)/t12-,14-,15-/m1/s1. The van der Waals surface area contributed by atoms with E-state index in [1.165, 1.54) is 19.3 Å². The molecular weight excluding hydrogens is 282 g/mol. The fourth-order valence-corrected chi connectivity index (χ4v) is 4.02. The summed E-state index contributed by atoms with van der Waals surface area (Å²) in [6, 6.07) is 4.10. The van der Waals surface area contributed by atoms with Crippen LogP contribution >= 0.6 is 11.8 Å². The van der Waals surface area contributed by atoms with Crippen molar-refractivity contribution in [1.82, 2.24) is 15.6 Å². The maximum Gasteiger partial charge on any atom is 0.315 e. The first kappa shape index (κ1) is 16.1. The molecule has 1 fully saturated rings. The van der Waals surface area contributed by atoms with Gasteiger partial charge in [0.2, 0.25) is 0 Å². The second-order valence-corrected chi connectivity index (χ2v) is 7.02. The van der Waals surface area contributed by atoms with Crippen LogP contribution in [0.4, 0.5) is 4.79 Å². The first-order valence-corrected chi connectivity index (χ1v) is 8.84. The Kier molecular flexibility index (Phi) is 6.36. The van der Waals surface area contributed by atoms with E-state index in [1.807, 2.05) is 30.8 Å². The minimum atomic E-state index is -0.0621. The highest BCUT2D eigenvalue weighted by Crippen LogP contribution is 2.28. The van der Waals surface area contributed by atoms with Gasteiger partial charge in [0.15, 0.2) is 0 Å². The zero-order chi connectivity index (χ0) is 15.1. The molecule has 0 aromatic carbocycles. The van der Waals surface area contributed by atoms with Crippen molar-refractivity contribution in [2.24, 2.45) is 0 Å². The Balaban J connectivity index is 1.85. The molecule has 0 bridgehead atoms. The van der Waals surface area contributed by atoms with Crippen LogP contribution in [0.5, 0.6) is 0 Å². The lowest BCUT2D eigenvalue weighted by molar-refractivity contribution is 0.230. The van der Waals surface area contributed by atoms with Crippen molar-refractivity contribution < 1.29 is 4.79 Å². The van der Waals surface area contributed by atoms with Crippen LogP contribution in [0, 0.1) is 0 Å². The largest absolute Gasteiger partial charge is 0.334 e. The number of thioether (sulfide) groups is 1. The Morgan fingerprint density at radius 2 is 2.10 bits per heavy atom. The zero-order valence-electron chi connectivity index (χ0n) is 12.8. The third-order valence-corrected chi connectivity index (χ3v) is 5.28. The van der Waals surface area contributed by atoms with E-state index in [9.17, 15) is 4.79 Å². The van der Waals surface area contributed by atoms with Crippen LogP contribution in [0.3, 0.4) is 0 Å². The summed E-state index contributed by atoms with van der Waals surface area (Å²) >= 11 is 1.97. The lowest BCUT2D eigenvalue weighted by Crippen LogP contribution is -2.48. The fraction of sp³-hybridized carbons (Fsp3) is 0.625. The predicted molar refractivity (Wildman–Crippen MR) is 88.5 cm³/mol. The van der Waals surface area contributed by atoms with Crippen molar-refractivity contribution in [3.8, 4) is 0 Å². The normalized spacial score (nSPS) is 23.3. The number of hydrogen-bond acceptors (Lipinski definition) is 3. The minimum absolute atomic E-state index is 0.00568. The van der Waals surface area contributed by atoms with E-state index in [4.69, 9.17) is 0 Å². The van der Waals surface area contributed by atoms with Gasteiger partial charge in [-0.25, -0.2) is 4.79 Å². The van der Waals surface area contributed by atoms with Gasteiger partial charge < -0.3 is 10.6 Å². The summed E-state index contributed by atoms with van der Waals surface area (Å²) < 4.78 is 0. The van der Waals surface area contributed by atoms with Crippen LogP contribution in [0.15, 0.2) is 24.5 Å². The highest BCUT2D eigenvalue weighted by Gasteiger charge is 2.26. The zero-order valence-corrected chi connectivity index (χ0v) is 13.7. The molecule has 1 aliphatic carbocycles. The summed E-state index contributed by atoms with van der Waals surface area (Å²) in [6.45, 7) is 4.18. The van der Waals surface area contributed by atoms with Gasteiger partial charge in [-0.05, 0) is 43.2 Å². The molecule has 1 aromatic heterocycles. The Hall–Kier alpha value is -1.23. The molecule has 0 spiro atoms. The average Bonchev–Trinajstić information content (AvgIpc) is 2.50. The van der Waals surface area contributed by atoms with Crippen molar-refractivity contribution in [3.63, 3.8) is 0 Å². The molecule has 0 radical (unpaired) electrons. The van der Waals surface area contributed by atoms with Crippen LogP contribution in [-0.2, 0) is 0 Å². The summed E-state index contributed by atoms with van der Waals surface area (Å²) in [7, 11) is 0. The number of urea groups is 1. The maximum absolute atomic E-state index is 12.2. The Morgan fingerprint density at radius 1 is 1.38 bits per heavy atom. The first-order valence-electron chi connectivity index (χ1n) is 7.79. The molecule has 0 unspecified atom stereocenters. The number of pyridine rings is 1. The van der Waals surface area contributed by atoms with Gasteiger partial charge in [0.25, 0.3) is 0 Å². The van der Waals surface area contributed by atoms with Crippen LogP contribution in [0.25, 0.3) is 0 Å². The van der Waals surface area contributed by atoms with Crippen LogP contribution < -0.4 is 10.6 Å². The third-order valence-electron chi connectivity index (χ3n) is 3.95. The van der Waals surface area contributed by atoms with Crippen LogP contribution in [0.2, 0.25) is 0 Å². The van der Waals surface area contributed by atoms with E-state index in [0.717, 1.165) is 17.7 Å². The first-order chi connectivity index (χ1) is 10.2. The summed E-state index contributed by atoms with van der Waals surface area (Å²) in [6.07, 6.45) is 8.30. The molecule has 0 aliphatic heterocycles. The van der Waals surface area contributed by atoms with Crippen LogP contribution in [0.1, 0.15) is 51.1 Å². The SMILES string of the molecule is CCS[C@@H]1CCCC[C@H]1NC(=O)N[C@H](C)c1ccncc1. The average molecular weight is 307 g/mol. The molecule has 1 aromatic rings. The highest BCUT2D eigenvalue weighted by atomic mass is 32.2. The van der Waals surface area contributed by atoms with Gasteiger partial charge in [0, 0.05) is 23.7 Å². The van der Waals surface area contributed by atoms with Crippen LogP contribution in [-0.4, -0.2) is 28.1 Å². The van der Waals surface area contributed by atoms with Gasteiger partial charge in [0.1, 0.15) is 0 Å². The number of aromatic nitrogens is 1. The predicted octanol–water partition coefficient (Wildman–Crippen LogP) is 3.51. The van der Waals surface area contributed by atoms with Crippen molar-refractivity contribution in [3.05, 3.63) is 30.1 Å². The molecule has 0 saturated heterocycles. The van der Waals surface area contributed by atoms with E-state index < -0.39 is 0 Å². The second-order valence-electron chi connectivity index (χ2n) is 5.50. The van der Waals surface area contributed by atoms with Crippen molar-refractivity contribution >= 4 is 17.8 Å². The number of nitrogens with one attached hydrogen (secondary N) is 2. The van der Waals surface area contributed by atoms with Gasteiger partial charge in [-0.1, -0.05) is 19.8 Å². The fourth-order valence-electron chi connectivity index (χ4n) is 2.82. The van der Waals surface area contributed by atoms with Gasteiger partial charge in [-0.3, -0.25) is 4.98 Å². The number of hydrogen-bond donors (Lipinski definition) is 2. The molecule has 21 heavy (non-hydrogen) atoms. The Bertz CT molecular complexity index is 438. The number of amides is 2. The smallest absolute Gasteiger partial charge is 0.315 e. The summed E-state index contributed by atoms with van der Waals surface area (Å²) in [5, 5.41) is 6.75. The van der Waals surface area contributed by atoms with E-state index in [1.54, 1.807) is 12.4 Å². The molecule has 1 heterocycles. The summed E-state index contributed by atoms with van der Waals surface area (Å²) in [5.41, 5.74) is 1.07. The molecular formula is C16H25N3OS. The van der Waals surface area contributed by atoms with E-state index in [0.29, 0.717) is 11.3 Å². The molecule has 3 atom stereocenters. The molecule has 2 amide bonds. The van der Waals surface area contributed by atoms with E-state index in [2.05, 4.69) is 22.5 Å². The molecule has 4 nitrogen and oxygen atoms in total. The topological polar surface area (TPSA) is 54.0 Å². The number of carbonyl (C=O) groups excluding carboxylic acids is 1. The molecule has 2 rings (SSSR count). The van der Waals surface area contributed by atoms with E-state index in [-0.39, 0.29) is 12.1 Å². The minimum Gasteiger partial charge on any atom is -0.334 e. The number of rotatable bonds is 5. The van der Waals surface area contributed by atoms with Gasteiger partial charge in [-0.15, -0.1) is 0 Å². The van der Waals surface area contributed by atoms with Crippen molar-refractivity contribution in [1.29, 1.82) is 0 Å². The molecule has 2 N–H and O–H groups in total. The highest BCUT2D eigenvalue weighted by molar-refractivity contribution is 7.99. The molecule has 116 valence electrons. The lowest BCUT2D eigenvalue weighted by atomic mass is 9.95. The Morgan fingerprint density at radius 3 is 2.81 bits per heavy atom. The van der Waals surface area contributed by atoms with E-state index >= 15 is 0 Å². The van der Waals surface area contributed by atoms with Gasteiger partial charge in [0.05, 0.1) is 6.04 Å². The Labute approximate surface area is 131 Å². The lowest BCUT2D eigenvalue weighted by Gasteiger charge is -2.32. The quantitative estimate of drug-likeness (QED) is 0.875. The molecule has 1 aliphatic rings. The maximum atomic E-state index is 12.2. The molecule has 1 saturated carbocycles. The molecule has 5 heteroatoms. The number of carbonyl (C=O) groups is 1. The summed E-state index contributed by atoms with van der Waals surface area (Å²) in [5.74, 6) is 1.11. The van der Waals surface area contributed by atoms with Gasteiger partial charge in [-0.2, -0.15) is 11.8 Å². The second kappa shape index (κ2) is 8.27. The monoisotopic (exact) mass is 307 g/mol.